The summed E-state index contributed by atoms with van der Waals surface area (Å²) in [6.45, 7) is 2.31. The standard InChI is InChI=1S/C23H21ClN6O2/c1-14-12-16(19-9-11-22(24)26-25-19)8-10-21(14)32-13-18-17(15-6-7-15)4-3-5-20(18)30-23(31)29(2)27-28-30/h3-5,8-12,15H,6-7,13H2,1-2H3. The van der Waals surface area contributed by atoms with Gasteiger partial charge < -0.3 is 4.74 Å². The Morgan fingerprint density at radius 2 is 1.94 bits per heavy atom. The van der Waals surface area contributed by atoms with Crippen LogP contribution in [0.2, 0.25) is 5.15 Å². The van der Waals surface area contributed by atoms with Gasteiger partial charge in [-0.15, -0.1) is 10.2 Å². The molecule has 1 fully saturated rings. The summed E-state index contributed by atoms with van der Waals surface area (Å²) in [4.78, 5) is 12.5. The molecule has 0 spiro atoms. The van der Waals surface area contributed by atoms with Gasteiger partial charge in [0.05, 0.1) is 11.4 Å². The molecule has 5 rings (SSSR count). The minimum Gasteiger partial charge on any atom is -0.489 e. The van der Waals surface area contributed by atoms with Crippen molar-refractivity contribution < 1.29 is 4.74 Å². The molecule has 0 saturated heterocycles. The van der Waals surface area contributed by atoms with Crippen LogP contribution >= 0.6 is 11.6 Å². The smallest absolute Gasteiger partial charge is 0.368 e. The van der Waals surface area contributed by atoms with Crippen molar-refractivity contribution in [3.8, 4) is 22.7 Å². The van der Waals surface area contributed by atoms with Crippen LogP contribution < -0.4 is 10.4 Å². The van der Waals surface area contributed by atoms with Crippen molar-refractivity contribution >= 4 is 11.6 Å². The van der Waals surface area contributed by atoms with Gasteiger partial charge in [-0.25, -0.2) is 4.79 Å². The molecule has 0 aliphatic heterocycles. The van der Waals surface area contributed by atoms with Gasteiger partial charge in [0, 0.05) is 18.2 Å². The highest BCUT2D eigenvalue weighted by molar-refractivity contribution is 6.29. The third kappa shape index (κ3) is 3.89. The summed E-state index contributed by atoms with van der Waals surface area (Å²) >= 11 is 5.84. The normalized spacial score (nSPS) is 13.3. The fourth-order valence-corrected chi connectivity index (χ4v) is 3.88. The van der Waals surface area contributed by atoms with Crippen LogP contribution in [0.25, 0.3) is 16.9 Å². The van der Waals surface area contributed by atoms with E-state index in [0.717, 1.165) is 41.0 Å². The summed E-state index contributed by atoms with van der Waals surface area (Å²) in [5.74, 6) is 1.26. The maximum Gasteiger partial charge on any atom is 0.368 e. The predicted molar refractivity (Wildman–Crippen MR) is 120 cm³/mol. The summed E-state index contributed by atoms with van der Waals surface area (Å²) < 4.78 is 8.79. The third-order valence-corrected chi connectivity index (χ3v) is 5.83. The van der Waals surface area contributed by atoms with Crippen LogP contribution in [-0.4, -0.2) is 30.0 Å². The molecule has 0 radical (unpaired) electrons. The van der Waals surface area contributed by atoms with Crippen LogP contribution in [0.5, 0.6) is 5.75 Å². The monoisotopic (exact) mass is 448 g/mol. The minimum absolute atomic E-state index is 0.288. The molecule has 0 atom stereocenters. The molecule has 9 heteroatoms. The predicted octanol–water partition coefficient (Wildman–Crippen LogP) is 3.84. The Morgan fingerprint density at radius 3 is 2.59 bits per heavy atom. The van der Waals surface area contributed by atoms with E-state index in [1.807, 2.05) is 43.3 Å². The Kier molecular flexibility index (Phi) is 5.22. The van der Waals surface area contributed by atoms with Gasteiger partial charge in [0.15, 0.2) is 5.15 Å². The van der Waals surface area contributed by atoms with E-state index in [4.69, 9.17) is 16.3 Å². The zero-order valence-corrected chi connectivity index (χ0v) is 18.5. The average Bonchev–Trinajstić information content (AvgIpc) is 3.59. The molecule has 162 valence electrons. The van der Waals surface area contributed by atoms with Crippen LogP contribution in [-0.2, 0) is 13.7 Å². The summed E-state index contributed by atoms with van der Waals surface area (Å²) in [6, 6.07) is 15.4. The summed E-state index contributed by atoms with van der Waals surface area (Å²) in [5, 5.41) is 16.3. The van der Waals surface area contributed by atoms with Crippen molar-refractivity contribution in [3.63, 3.8) is 0 Å². The number of nitrogens with zero attached hydrogens (tertiary/aromatic N) is 6. The SMILES string of the molecule is Cc1cc(-c2ccc(Cl)nn2)ccc1OCc1c(C2CC2)cccc1-n1nnn(C)c1=O. The lowest BCUT2D eigenvalue weighted by Gasteiger charge is -2.16. The van der Waals surface area contributed by atoms with Crippen LogP contribution in [0, 0.1) is 6.92 Å². The van der Waals surface area contributed by atoms with Gasteiger partial charge in [0.1, 0.15) is 12.4 Å². The summed E-state index contributed by atoms with van der Waals surface area (Å²) in [5.41, 5.74) is 5.23. The van der Waals surface area contributed by atoms with E-state index in [9.17, 15) is 4.79 Å². The topological polar surface area (TPSA) is 87.7 Å². The number of hydrogen-bond acceptors (Lipinski definition) is 6. The van der Waals surface area contributed by atoms with E-state index in [-0.39, 0.29) is 5.69 Å². The molecule has 4 aromatic rings. The maximum atomic E-state index is 12.5. The number of aryl methyl sites for hydroxylation is 2. The lowest BCUT2D eigenvalue weighted by Crippen LogP contribution is -2.23. The zero-order valence-electron chi connectivity index (χ0n) is 17.7. The lowest BCUT2D eigenvalue weighted by atomic mass is 10.0. The number of halogens is 1. The van der Waals surface area contributed by atoms with Crippen molar-refractivity contribution in [2.45, 2.75) is 32.3 Å². The van der Waals surface area contributed by atoms with Gasteiger partial charge in [0.25, 0.3) is 0 Å². The Balaban J connectivity index is 1.45. The molecule has 8 nitrogen and oxygen atoms in total. The average molecular weight is 449 g/mol. The van der Waals surface area contributed by atoms with Gasteiger partial charge in [-0.2, -0.15) is 9.36 Å². The van der Waals surface area contributed by atoms with E-state index < -0.39 is 0 Å². The highest BCUT2D eigenvalue weighted by atomic mass is 35.5. The second-order valence-corrected chi connectivity index (χ2v) is 8.31. The van der Waals surface area contributed by atoms with Gasteiger partial charge in [-0.1, -0.05) is 23.7 Å². The summed E-state index contributed by atoms with van der Waals surface area (Å²) in [6.07, 6.45) is 2.28. The number of ether oxygens (including phenoxy) is 1. The fraction of sp³-hybridized carbons (Fsp3) is 0.261. The number of rotatable bonds is 6. The van der Waals surface area contributed by atoms with Crippen LogP contribution in [0.1, 0.15) is 35.4 Å². The first-order valence-electron chi connectivity index (χ1n) is 10.4. The van der Waals surface area contributed by atoms with E-state index in [1.165, 1.54) is 14.9 Å². The Labute approximate surface area is 189 Å². The molecule has 0 unspecified atom stereocenters. The molecule has 2 aromatic heterocycles. The van der Waals surface area contributed by atoms with E-state index >= 15 is 0 Å². The highest BCUT2D eigenvalue weighted by Gasteiger charge is 2.28. The van der Waals surface area contributed by atoms with Crippen LogP contribution in [0.4, 0.5) is 0 Å². The Morgan fingerprint density at radius 1 is 1.09 bits per heavy atom. The molecule has 32 heavy (non-hydrogen) atoms. The fourth-order valence-electron chi connectivity index (χ4n) is 3.78. The molecular formula is C23H21ClN6O2. The summed E-state index contributed by atoms with van der Waals surface area (Å²) in [7, 11) is 1.59. The van der Waals surface area contributed by atoms with Gasteiger partial charge in [-0.3, -0.25) is 0 Å². The molecule has 2 aromatic carbocycles. The zero-order chi connectivity index (χ0) is 22.2. The first kappa shape index (κ1) is 20.4. The molecule has 1 saturated carbocycles. The molecule has 0 amide bonds. The number of tetrazole rings is 1. The second-order valence-electron chi connectivity index (χ2n) is 7.93. The third-order valence-electron chi connectivity index (χ3n) is 5.63. The van der Waals surface area contributed by atoms with Crippen molar-refractivity contribution in [1.29, 1.82) is 0 Å². The van der Waals surface area contributed by atoms with Crippen molar-refractivity contribution in [3.05, 3.63) is 80.9 Å². The van der Waals surface area contributed by atoms with Crippen molar-refractivity contribution in [1.82, 2.24) is 30.0 Å². The number of aromatic nitrogens is 6. The largest absolute Gasteiger partial charge is 0.489 e. The quantitative estimate of drug-likeness (QED) is 0.445. The second kappa shape index (κ2) is 8.20. The molecule has 0 bridgehead atoms. The number of hydrogen-bond donors (Lipinski definition) is 0. The van der Waals surface area contributed by atoms with E-state index in [1.54, 1.807) is 13.1 Å². The van der Waals surface area contributed by atoms with Gasteiger partial charge in [0.2, 0.25) is 0 Å². The first-order valence-corrected chi connectivity index (χ1v) is 10.7. The molecule has 1 aliphatic carbocycles. The Hall–Kier alpha value is -3.52. The molecule has 0 N–H and O–H groups in total. The van der Waals surface area contributed by atoms with E-state index in [2.05, 4.69) is 26.7 Å². The minimum atomic E-state index is -0.288. The maximum absolute atomic E-state index is 12.5. The molecular weight excluding hydrogens is 428 g/mol. The lowest BCUT2D eigenvalue weighted by molar-refractivity contribution is 0.302. The number of benzene rings is 2. The van der Waals surface area contributed by atoms with Crippen molar-refractivity contribution in [2.24, 2.45) is 7.05 Å². The van der Waals surface area contributed by atoms with Gasteiger partial charge >= 0.3 is 5.69 Å². The molecule has 1 aliphatic rings. The first-order chi connectivity index (χ1) is 15.5. The highest BCUT2D eigenvalue weighted by Crippen LogP contribution is 2.43. The van der Waals surface area contributed by atoms with Gasteiger partial charge in [-0.05, 0) is 83.6 Å². The van der Waals surface area contributed by atoms with Crippen LogP contribution in [0.3, 0.4) is 0 Å². The van der Waals surface area contributed by atoms with E-state index in [0.29, 0.717) is 23.4 Å². The Bertz CT molecular complexity index is 1340. The molecule has 2 heterocycles. The van der Waals surface area contributed by atoms with Crippen molar-refractivity contribution in [2.75, 3.05) is 0 Å². The van der Waals surface area contributed by atoms with Crippen LogP contribution in [0.15, 0.2) is 53.3 Å².